The van der Waals surface area contributed by atoms with E-state index in [4.69, 9.17) is 23.2 Å². The summed E-state index contributed by atoms with van der Waals surface area (Å²) in [6, 6.07) is 13.9. The maximum atomic E-state index is 11.8. The first-order valence-electron chi connectivity index (χ1n) is 9.12. The first-order valence-corrected chi connectivity index (χ1v) is 9.88. The van der Waals surface area contributed by atoms with Gasteiger partial charge in [-0.05, 0) is 72.8 Å². The Morgan fingerprint density at radius 1 is 1.11 bits per heavy atom. The Balaban J connectivity index is 1.44. The molecule has 1 aliphatic heterocycles. The SMILES string of the molecule is O=c1[nH]ccc2cc(N[C@@H]3CCCN(Cc4cc(Cl)cc(Cl)c4)C3)ccc12. The van der Waals surface area contributed by atoms with E-state index >= 15 is 0 Å². The van der Waals surface area contributed by atoms with Gasteiger partial charge in [-0.2, -0.15) is 0 Å². The first-order chi connectivity index (χ1) is 13.1. The summed E-state index contributed by atoms with van der Waals surface area (Å²) in [5.74, 6) is 0. The Kier molecular flexibility index (Phi) is 5.39. The van der Waals surface area contributed by atoms with Gasteiger partial charge in [0.2, 0.25) is 0 Å². The van der Waals surface area contributed by atoms with E-state index < -0.39 is 0 Å². The van der Waals surface area contributed by atoms with E-state index in [9.17, 15) is 4.79 Å². The van der Waals surface area contributed by atoms with Crippen LogP contribution in [-0.4, -0.2) is 29.0 Å². The number of aromatic nitrogens is 1. The van der Waals surface area contributed by atoms with E-state index in [0.717, 1.165) is 49.1 Å². The van der Waals surface area contributed by atoms with Crippen molar-refractivity contribution in [3.05, 3.63) is 74.6 Å². The molecule has 2 N–H and O–H groups in total. The van der Waals surface area contributed by atoms with Gasteiger partial charge in [0.15, 0.2) is 0 Å². The van der Waals surface area contributed by atoms with Gasteiger partial charge in [0.25, 0.3) is 5.56 Å². The molecule has 0 unspecified atom stereocenters. The zero-order chi connectivity index (χ0) is 18.8. The zero-order valence-electron chi connectivity index (χ0n) is 14.8. The molecule has 3 aromatic rings. The Morgan fingerprint density at radius 3 is 2.74 bits per heavy atom. The molecule has 2 aromatic carbocycles. The monoisotopic (exact) mass is 401 g/mol. The van der Waals surface area contributed by atoms with E-state index in [2.05, 4.69) is 15.2 Å². The van der Waals surface area contributed by atoms with Crippen molar-refractivity contribution < 1.29 is 0 Å². The van der Waals surface area contributed by atoms with Gasteiger partial charge in [0, 0.05) is 46.4 Å². The highest BCUT2D eigenvalue weighted by Crippen LogP contribution is 2.23. The molecule has 0 amide bonds. The van der Waals surface area contributed by atoms with Gasteiger partial charge in [-0.15, -0.1) is 0 Å². The molecule has 6 heteroatoms. The number of anilines is 1. The number of aromatic amines is 1. The molecule has 0 radical (unpaired) electrons. The highest BCUT2D eigenvalue weighted by atomic mass is 35.5. The molecule has 4 rings (SSSR count). The van der Waals surface area contributed by atoms with Gasteiger partial charge in [0.1, 0.15) is 0 Å². The molecule has 0 saturated carbocycles. The van der Waals surface area contributed by atoms with Crippen LogP contribution in [0.2, 0.25) is 10.0 Å². The number of nitrogens with zero attached hydrogens (tertiary/aromatic N) is 1. The van der Waals surface area contributed by atoms with Crippen LogP contribution in [0.4, 0.5) is 5.69 Å². The van der Waals surface area contributed by atoms with Crippen LogP contribution in [0.15, 0.2) is 53.5 Å². The first kappa shape index (κ1) is 18.4. The quantitative estimate of drug-likeness (QED) is 0.652. The summed E-state index contributed by atoms with van der Waals surface area (Å²) in [5.41, 5.74) is 2.13. The van der Waals surface area contributed by atoms with Crippen molar-refractivity contribution >= 4 is 39.7 Å². The number of fused-ring (bicyclic) bond motifs is 1. The molecule has 1 aliphatic rings. The molecule has 0 spiro atoms. The number of likely N-dealkylation sites (tertiary alicyclic amines) is 1. The number of pyridine rings is 1. The molecule has 27 heavy (non-hydrogen) atoms. The van der Waals surface area contributed by atoms with Crippen LogP contribution in [0.5, 0.6) is 0 Å². The molecule has 1 aromatic heterocycles. The standard InChI is InChI=1S/C21H21Cl2N3O/c22-16-8-14(9-17(23)11-16)12-26-7-1-2-19(13-26)25-18-3-4-20-15(10-18)5-6-24-21(20)27/h3-6,8-11,19,25H,1-2,7,12-13H2,(H,24,27)/t19-/m1/s1. The van der Waals surface area contributed by atoms with E-state index in [1.54, 1.807) is 12.3 Å². The number of hydrogen-bond donors (Lipinski definition) is 2. The van der Waals surface area contributed by atoms with Crippen LogP contribution in [0.25, 0.3) is 10.8 Å². The van der Waals surface area contributed by atoms with Crippen molar-refractivity contribution in [3.63, 3.8) is 0 Å². The van der Waals surface area contributed by atoms with E-state index in [-0.39, 0.29) is 5.56 Å². The van der Waals surface area contributed by atoms with Gasteiger partial charge in [-0.1, -0.05) is 23.2 Å². The van der Waals surface area contributed by atoms with Gasteiger partial charge >= 0.3 is 0 Å². The highest BCUT2D eigenvalue weighted by Gasteiger charge is 2.20. The summed E-state index contributed by atoms with van der Waals surface area (Å²) >= 11 is 12.2. The minimum absolute atomic E-state index is 0.0527. The van der Waals surface area contributed by atoms with E-state index in [1.807, 2.05) is 36.4 Å². The Hall–Kier alpha value is -2.01. The number of rotatable bonds is 4. The minimum Gasteiger partial charge on any atom is -0.381 e. The number of H-pyrrole nitrogens is 1. The smallest absolute Gasteiger partial charge is 0.255 e. The van der Waals surface area contributed by atoms with Crippen LogP contribution in [0, 0.1) is 0 Å². The van der Waals surface area contributed by atoms with E-state index in [0.29, 0.717) is 21.5 Å². The number of nitrogens with one attached hydrogen (secondary N) is 2. The van der Waals surface area contributed by atoms with Crippen molar-refractivity contribution in [1.82, 2.24) is 9.88 Å². The summed E-state index contributed by atoms with van der Waals surface area (Å²) in [7, 11) is 0. The Bertz CT molecular complexity index is 997. The summed E-state index contributed by atoms with van der Waals surface area (Å²) in [6.45, 7) is 2.86. The van der Waals surface area contributed by atoms with Gasteiger partial charge < -0.3 is 10.3 Å². The molecule has 140 valence electrons. The number of hydrogen-bond acceptors (Lipinski definition) is 3. The fourth-order valence-corrected chi connectivity index (χ4v) is 4.37. The van der Waals surface area contributed by atoms with Crippen molar-refractivity contribution in [2.75, 3.05) is 18.4 Å². The predicted molar refractivity (Wildman–Crippen MR) is 113 cm³/mol. The fourth-order valence-electron chi connectivity index (χ4n) is 3.80. The molecule has 4 nitrogen and oxygen atoms in total. The van der Waals surface area contributed by atoms with Crippen LogP contribution in [0.3, 0.4) is 0 Å². The van der Waals surface area contributed by atoms with Crippen molar-refractivity contribution in [1.29, 1.82) is 0 Å². The highest BCUT2D eigenvalue weighted by molar-refractivity contribution is 6.34. The van der Waals surface area contributed by atoms with Gasteiger partial charge in [-0.3, -0.25) is 9.69 Å². The molecular weight excluding hydrogens is 381 g/mol. The van der Waals surface area contributed by atoms with Crippen molar-refractivity contribution in [2.24, 2.45) is 0 Å². The molecule has 1 saturated heterocycles. The predicted octanol–water partition coefficient (Wildman–Crippen LogP) is 4.91. The largest absolute Gasteiger partial charge is 0.381 e. The summed E-state index contributed by atoms with van der Waals surface area (Å²) in [6.07, 6.45) is 3.95. The normalized spacial score (nSPS) is 17.9. The lowest BCUT2D eigenvalue weighted by Crippen LogP contribution is -2.41. The molecular formula is C21H21Cl2N3O. The Labute approximate surface area is 168 Å². The lowest BCUT2D eigenvalue weighted by atomic mass is 10.0. The second-order valence-electron chi connectivity index (χ2n) is 7.11. The zero-order valence-corrected chi connectivity index (χ0v) is 16.4. The maximum Gasteiger partial charge on any atom is 0.255 e. The molecule has 0 bridgehead atoms. The second-order valence-corrected chi connectivity index (χ2v) is 7.98. The molecule has 1 fully saturated rings. The van der Waals surface area contributed by atoms with Gasteiger partial charge in [-0.25, -0.2) is 0 Å². The third-order valence-electron chi connectivity index (χ3n) is 4.98. The number of benzene rings is 2. The second kappa shape index (κ2) is 7.93. The number of piperidine rings is 1. The maximum absolute atomic E-state index is 11.8. The Morgan fingerprint density at radius 2 is 1.93 bits per heavy atom. The van der Waals surface area contributed by atoms with E-state index in [1.165, 1.54) is 0 Å². The lowest BCUT2D eigenvalue weighted by Gasteiger charge is -2.33. The van der Waals surface area contributed by atoms with Crippen LogP contribution in [0.1, 0.15) is 18.4 Å². The topological polar surface area (TPSA) is 48.1 Å². The lowest BCUT2D eigenvalue weighted by molar-refractivity contribution is 0.208. The summed E-state index contributed by atoms with van der Waals surface area (Å²) in [5, 5.41) is 6.64. The molecule has 2 heterocycles. The fraction of sp³-hybridized carbons (Fsp3) is 0.286. The molecule has 0 aliphatic carbocycles. The average molecular weight is 402 g/mol. The summed E-state index contributed by atoms with van der Waals surface area (Å²) < 4.78 is 0. The third-order valence-corrected chi connectivity index (χ3v) is 5.41. The minimum atomic E-state index is -0.0527. The van der Waals surface area contributed by atoms with Crippen LogP contribution >= 0.6 is 23.2 Å². The van der Waals surface area contributed by atoms with Crippen LogP contribution < -0.4 is 10.9 Å². The average Bonchev–Trinajstić information content (AvgIpc) is 2.61. The number of halogens is 2. The van der Waals surface area contributed by atoms with Crippen LogP contribution in [-0.2, 0) is 6.54 Å². The van der Waals surface area contributed by atoms with Gasteiger partial charge in [0.05, 0.1) is 0 Å². The molecule has 1 atom stereocenters. The van der Waals surface area contributed by atoms with Crippen molar-refractivity contribution in [2.45, 2.75) is 25.4 Å². The third kappa shape index (κ3) is 4.46. The summed E-state index contributed by atoms with van der Waals surface area (Å²) in [4.78, 5) is 17.0. The van der Waals surface area contributed by atoms with Crippen molar-refractivity contribution in [3.8, 4) is 0 Å².